The fraction of sp³-hybridized carbons (Fsp3) is 0.611. The maximum absolute atomic E-state index is 13.0. The number of nitrogens with two attached hydrogens (primary N) is 1. The smallest absolute Gasteiger partial charge is 0.241 e. The van der Waals surface area contributed by atoms with Crippen molar-refractivity contribution in [1.82, 2.24) is 4.72 Å². The van der Waals surface area contributed by atoms with Gasteiger partial charge in [-0.25, -0.2) is 13.1 Å². The van der Waals surface area contributed by atoms with Crippen molar-refractivity contribution in [3.8, 4) is 0 Å². The molecule has 6 nitrogen and oxygen atoms in total. The van der Waals surface area contributed by atoms with Gasteiger partial charge in [-0.15, -0.1) is 12.4 Å². The van der Waals surface area contributed by atoms with Crippen LogP contribution in [-0.2, 0) is 21.2 Å². The molecular weight excluding hydrogens is 374 g/mol. The van der Waals surface area contributed by atoms with Crippen molar-refractivity contribution < 1.29 is 13.2 Å². The Balaban J connectivity index is 0.00000243. The van der Waals surface area contributed by atoms with Crippen LogP contribution in [0.15, 0.2) is 23.1 Å². The summed E-state index contributed by atoms with van der Waals surface area (Å²) in [5.41, 5.74) is 6.99. The number of carbonyl (C=O) groups excluding carboxylic acids is 1. The Kier molecular flexibility index (Phi) is 6.71. The number of benzene rings is 1. The maximum atomic E-state index is 13.0. The van der Waals surface area contributed by atoms with Crippen LogP contribution in [-0.4, -0.2) is 26.4 Å². The Morgan fingerprint density at radius 3 is 2.73 bits per heavy atom. The first-order valence-electron chi connectivity index (χ1n) is 9.03. The van der Waals surface area contributed by atoms with Gasteiger partial charge in [0.1, 0.15) is 0 Å². The van der Waals surface area contributed by atoms with Gasteiger partial charge in [0, 0.05) is 24.2 Å². The Hall–Kier alpha value is -1.15. The van der Waals surface area contributed by atoms with Crippen molar-refractivity contribution in [2.24, 2.45) is 11.7 Å². The van der Waals surface area contributed by atoms with Crippen LogP contribution in [0, 0.1) is 5.92 Å². The molecule has 2 unspecified atom stereocenters. The monoisotopic (exact) mass is 401 g/mol. The SMILES string of the molecule is CC1CCCCC1(CN)NS(=O)(=O)c1ccc2c(c1)CCCC(=O)N2.Cl. The fourth-order valence-corrected chi connectivity index (χ4v) is 5.54. The van der Waals surface area contributed by atoms with Gasteiger partial charge in [0.15, 0.2) is 0 Å². The molecule has 2 aliphatic rings. The lowest BCUT2D eigenvalue weighted by Gasteiger charge is -2.42. The first kappa shape index (κ1) is 21.2. The van der Waals surface area contributed by atoms with E-state index in [4.69, 9.17) is 5.73 Å². The molecule has 1 heterocycles. The summed E-state index contributed by atoms with van der Waals surface area (Å²) >= 11 is 0. The largest absolute Gasteiger partial charge is 0.329 e. The van der Waals surface area contributed by atoms with Crippen LogP contribution in [0.1, 0.15) is 51.0 Å². The van der Waals surface area contributed by atoms with Crippen LogP contribution in [0.5, 0.6) is 0 Å². The van der Waals surface area contributed by atoms with Gasteiger partial charge >= 0.3 is 0 Å². The summed E-state index contributed by atoms with van der Waals surface area (Å²) in [5, 5.41) is 2.83. The first-order valence-corrected chi connectivity index (χ1v) is 10.5. The first-order chi connectivity index (χ1) is 11.9. The molecule has 1 aliphatic heterocycles. The Morgan fingerprint density at radius 1 is 1.27 bits per heavy atom. The summed E-state index contributed by atoms with van der Waals surface area (Å²) in [6.07, 6.45) is 5.72. The quantitative estimate of drug-likeness (QED) is 0.721. The second-order valence-corrected chi connectivity index (χ2v) is 9.02. The van der Waals surface area contributed by atoms with E-state index in [9.17, 15) is 13.2 Å². The van der Waals surface area contributed by atoms with Crippen molar-refractivity contribution >= 4 is 34.0 Å². The summed E-state index contributed by atoms with van der Waals surface area (Å²) in [4.78, 5) is 11.9. The third kappa shape index (κ3) is 4.22. The van der Waals surface area contributed by atoms with Gasteiger partial charge in [-0.05, 0) is 55.4 Å². The average molecular weight is 402 g/mol. The molecular formula is C18H28ClN3O3S. The van der Waals surface area contributed by atoms with Gasteiger partial charge in [-0.3, -0.25) is 4.79 Å². The Morgan fingerprint density at radius 2 is 2.04 bits per heavy atom. The molecule has 1 fully saturated rings. The summed E-state index contributed by atoms with van der Waals surface area (Å²) in [5.74, 6) is 0.187. The van der Waals surface area contributed by atoms with E-state index in [2.05, 4.69) is 17.0 Å². The number of aryl methyl sites for hydroxylation is 1. The molecule has 1 saturated carbocycles. The molecule has 0 bridgehead atoms. The molecule has 0 radical (unpaired) electrons. The molecule has 3 rings (SSSR count). The van der Waals surface area contributed by atoms with Gasteiger partial charge in [0.05, 0.1) is 4.90 Å². The second-order valence-electron chi connectivity index (χ2n) is 7.33. The van der Waals surface area contributed by atoms with E-state index in [0.29, 0.717) is 25.1 Å². The normalized spacial score (nSPS) is 26.2. The summed E-state index contributed by atoms with van der Waals surface area (Å²) in [6, 6.07) is 4.93. The minimum atomic E-state index is -3.66. The van der Waals surface area contributed by atoms with E-state index < -0.39 is 15.6 Å². The number of amides is 1. The van der Waals surface area contributed by atoms with Crippen LogP contribution in [0.3, 0.4) is 0 Å². The molecule has 0 aromatic heterocycles. The Labute approximate surface area is 161 Å². The van der Waals surface area contributed by atoms with Crippen molar-refractivity contribution in [2.45, 2.75) is 62.3 Å². The second kappa shape index (κ2) is 8.25. The number of anilines is 1. The molecule has 146 valence electrons. The predicted molar refractivity (Wildman–Crippen MR) is 105 cm³/mol. The van der Waals surface area contributed by atoms with Crippen molar-refractivity contribution in [2.75, 3.05) is 11.9 Å². The lowest BCUT2D eigenvalue weighted by molar-refractivity contribution is -0.116. The van der Waals surface area contributed by atoms with E-state index >= 15 is 0 Å². The highest BCUT2D eigenvalue weighted by Gasteiger charge is 2.40. The van der Waals surface area contributed by atoms with E-state index in [1.54, 1.807) is 18.2 Å². The number of hydrogen-bond acceptors (Lipinski definition) is 4. The van der Waals surface area contributed by atoms with E-state index in [0.717, 1.165) is 37.7 Å². The molecule has 26 heavy (non-hydrogen) atoms. The zero-order chi connectivity index (χ0) is 18.1. The van der Waals surface area contributed by atoms with E-state index in [-0.39, 0.29) is 29.1 Å². The molecule has 1 aromatic rings. The Bertz CT molecular complexity index is 769. The van der Waals surface area contributed by atoms with Crippen LogP contribution < -0.4 is 15.8 Å². The van der Waals surface area contributed by atoms with Crippen molar-refractivity contribution in [3.63, 3.8) is 0 Å². The fourth-order valence-electron chi connectivity index (χ4n) is 3.95. The van der Waals surface area contributed by atoms with Crippen molar-refractivity contribution in [1.29, 1.82) is 0 Å². The number of sulfonamides is 1. The number of carbonyl (C=O) groups is 1. The third-order valence-corrected chi connectivity index (χ3v) is 7.22. The zero-order valence-corrected chi connectivity index (χ0v) is 16.7. The highest BCUT2D eigenvalue weighted by molar-refractivity contribution is 7.89. The molecule has 1 amide bonds. The number of halogens is 1. The predicted octanol–water partition coefficient (Wildman–Crippen LogP) is 2.57. The molecule has 4 N–H and O–H groups in total. The third-order valence-electron chi connectivity index (χ3n) is 5.67. The van der Waals surface area contributed by atoms with Crippen molar-refractivity contribution in [3.05, 3.63) is 23.8 Å². The molecule has 0 spiro atoms. The summed E-state index contributed by atoms with van der Waals surface area (Å²) in [7, 11) is -3.66. The zero-order valence-electron chi connectivity index (χ0n) is 15.1. The summed E-state index contributed by atoms with van der Waals surface area (Å²) < 4.78 is 28.9. The molecule has 1 aromatic carbocycles. The maximum Gasteiger partial charge on any atom is 0.241 e. The molecule has 1 aliphatic carbocycles. The average Bonchev–Trinajstić information content (AvgIpc) is 2.76. The van der Waals surface area contributed by atoms with Gasteiger partial charge in [0.25, 0.3) is 0 Å². The number of hydrogen-bond donors (Lipinski definition) is 3. The van der Waals surface area contributed by atoms with Gasteiger partial charge in [-0.2, -0.15) is 0 Å². The van der Waals surface area contributed by atoms with Crippen LogP contribution in [0.2, 0.25) is 0 Å². The summed E-state index contributed by atoms with van der Waals surface area (Å²) in [6.45, 7) is 2.37. The van der Waals surface area contributed by atoms with Gasteiger partial charge in [0.2, 0.25) is 15.9 Å². The van der Waals surface area contributed by atoms with Crippen LogP contribution >= 0.6 is 12.4 Å². The minimum absolute atomic E-state index is 0. The number of nitrogens with one attached hydrogen (secondary N) is 2. The standard InChI is InChI=1S/C18H27N3O3S.ClH/c1-13-5-2-3-10-18(13,12-19)21-25(23,24)15-8-9-16-14(11-15)6-4-7-17(22)20-16;/h8-9,11,13,21H,2-7,10,12,19H2,1H3,(H,20,22);1H. The molecule has 2 atom stereocenters. The molecule has 8 heteroatoms. The lowest BCUT2D eigenvalue weighted by Crippen LogP contribution is -2.58. The number of fused-ring (bicyclic) bond motifs is 1. The topological polar surface area (TPSA) is 101 Å². The van der Waals surface area contributed by atoms with Crippen LogP contribution in [0.25, 0.3) is 0 Å². The highest BCUT2D eigenvalue weighted by Crippen LogP contribution is 2.34. The number of rotatable bonds is 4. The highest BCUT2D eigenvalue weighted by atomic mass is 35.5. The minimum Gasteiger partial charge on any atom is -0.329 e. The van der Waals surface area contributed by atoms with E-state index in [1.165, 1.54) is 0 Å². The van der Waals surface area contributed by atoms with Gasteiger partial charge in [-0.1, -0.05) is 19.8 Å². The van der Waals surface area contributed by atoms with Crippen LogP contribution in [0.4, 0.5) is 5.69 Å². The lowest BCUT2D eigenvalue weighted by atomic mass is 9.74. The van der Waals surface area contributed by atoms with E-state index in [1.807, 2.05) is 0 Å². The van der Waals surface area contributed by atoms with Gasteiger partial charge < -0.3 is 11.1 Å². The molecule has 0 saturated heterocycles.